The average molecular weight is 443 g/mol. The summed E-state index contributed by atoms with van der Waals surface area (Å²) in [6.45, 7) is 7.76. The minimum Gasteiger partial charge on any atom is -0.496 e. The number of ether oxygens (including phenoxy) is 3. The molecule has 0 bridgehead atoms. The van der Waals surface area contributed by atoms with Crippen LogP contribution in [0, 0.1) is 6.92 Å². The van der Waals surface area contributed by atoms with E-state index < -0.39 is 6.04 Å². The Labute approximate surface area is 190 Å². The van der Waals surface area contributed by atoms with Crippen LogP contribution in [0.15, 0.2) is 42.5 Å². The van der Waals surface area contributed by atoms with E-state index in [9.17, 15) is 9.59 Å². The van der Waals surface area contributed by atoms with Gasteiger partial charge in [-0.05, 0) is 38.3 Å². The number of carbonyl (C=O) groups is 2. The maximum atomic E-state index is 13.2. The lowest BCUT2D eigenvalue weighted by Crippen LogP contribution is -2.50. The third-order valence-electron chi connectivity index (χ3n) is 5.46. The zero-order chi connectivity index (χ0) is 23.7. The van der Waals surface area contributed by atoms with Gasteiger partial charge in [0.25, 0.3) is 5.91 Å². The standard InChI is InChI=1S/C25H34N2O5/c1-7-18(3)26-25(29)19(4)27(15-20-11-9-8-10-17(20)2)24(28)16-32-23-13-21(30-5)12-22(14-23)31-6/h8-14,18-19H,7,15-16H2,1-6H3,(H,26,29)/t18-,19-/m1/s1. The minimum absolute atomic E-state index is 0.0286. The lowest BCUT2D eigenvalue weighted by atomic mass is 10.1. The molecule has 2 atom stereocenters. The van der Waals surface area contributed by atoms with Crippen LogP contribution in [0.3, 0.4) is 0 Å². The number of rotatable bonds is 11. The van der Waals surface area contributed by atoms with Crippen molar-refractivity contribution in [2.75, 3.05) is 20.8 Å². The van der Waals surface area contributed by atoms with Crippen LogP contribution in [0.2, 0.25) is 0 Å². The zero-order valence-electron chi connectivity index (χ0n) is 19.8. The van der Waals surface area contributed by atoms with Crippen LogP contribution in [-0.2, 0) is 16.1 Å². The molecule has 2 aromatic rings. The number of nitrogens with zero attached hydrogens (tertiary/aromatic N) is 1. The first-order chi connectivity index (χ1) is 15.3. The van der Waals surface area contributed by atoms with Gasteiger partial charge in [0.15, 0.2) is 6.61 Å². The maximum absolute atomic E-state index is 13.2. The largest absolute Gasteiger partial charge is 0.496 e. The molecule has 0 saturated heterocycles. The Morgan fingerprint density at radius 3 is 2.16 bits per heavy atom. The van der Waals surface area contributed by atoms with Gasteiger partial charge in [0.05, 0.1) is 14.2 Å². The van der Waals surface area contributed by atoms with E-state index in [4.69, 9.17) is 14.2 Å². The van der Waals surface area contributed by atoms with Gasteiger partial charge in [0.1, 0.15) is 23.3 Å². The molecule has 174 valence electrons. The predicted molar refractivity (Wildman–Crippen MR) is 124 cm³/mol. The number of amides is 2. The fourth-order valence-corrected chi connectivity index (χ4v) is 3.11. The number of nitrogens with one attached hydrogen (secondary N) is 1. The summed E-state index contributed by atoms with van der Waals surface area (Å²) >= 11 is 0. The zero-order valence-corrected chi connectivity index (χ0v) is 19.8. The van der Waals surface area contributed by atoms with Crippen molar-refractivity contribution in [2.45, 2.75) is 52.7 Å². The fourth-order valence-electron chi connectivity index (χ4n) is 3.11. The molecule has 0 aliphatic heterocycles. The van der Waals surface area contributed by atoms with Gasteiger partial charge in [-0.3, -0.25) is 9.59 Å². The Hall–Kier alpha value is -3.22. The minimum atomic E-state index is -0.653. The second-order valence-corrected chi connectivity index (χ2v) is 7.78. The highest BCUT2D eigenvalue weighted by molar-refractivity contribution is 5.88. The molecule has 1 N–H and O–H groups in total. The van der Waals surface area contributed by atoms with Crippen molar-refractivity contribution >= 4 is 11.8 Å². The highest BCUT2D eigenvalue weighted by Crippen LogP contribution is 2.27. The molecule has 2 aromatic carbocycles. The molecule has 2 rings (SSSR count). The smallest absolute Gasteiger partial charge is 0.261 e. The summed E-state index contributed by atoms with van der Waals surface area (Å²) < 4.78 is 16.3. The molecule has 0 heterocycles. The number of methoxy groups -OCH3 is 2. The monoisotopic (exact) mass is 442 g/mol. The molecule has 0 radical (unpaired) electrons. The molecule has 0 fully saturated rings. The van der Waals surface area contributed by atoms with Crippen molar-refractivity contribution < 1.29 is 23.8 Å². The summed E-state index contributed by atoms with van der Waals surface area (Å²) in [6.07, 6.45) is 0.810. The second kappa shape index (κ2) is 12.0. The first-order valence-corrected chi connectivity index (χ1v) is 10.8. The van der Waals surface area contributed by atoms with Crippen molar-refractivity contribution in [1.82, 2.24) is 10.2 Å². The summed E-state index contributed by atoms with van der Waals surface area (Å²) in [6, 6.07) is 12.3. The summed E-state index contributed by atoms with van der Waals surface area (Å²) in [5, 5.41) is 2.96. The van der Waals surface area contributed by atoms with Crippen LogP contribution in [0.1, 0.15) is 38.3 Å². The summed E-state index contributed by atoms with van der Waals surface area (Å²) in [5.74, 6) is 1.09. The lowest BCUT2D eigenvalue weighted by Gasteiger charge is -2.30. The number of carbonyl (C=O) groups excluding carboxylic acids is 2. The van der Waals surface area contributed by atoms with Gasteiger partial charge in [-0.25, -0.2) is 0 Å². The van der Waals surface area contributed by atoms with Gasteiger partial charge in [-0.15, -0.1) is 0 Å². The summed E-state index contributed by atoms with van der Waals surface area (Å²) in [7, 11) is 3.09. The molecular weight excluding hydrogens is 408 g/mol. The number of hydrogen-bond acceptors (Lipinski definition) is 5. The van der Waals surface area contributed by atoms with Crippen LogP contribution >= 0.6 is 0 Å². The Morgan fingerprint density at radius 2 is 1.59 bits per heavy atom. The van der Waals surface area contributed by atoms with Crippen molar-refractivity contribution in [3.8, 4) is 17.2 Å². The van der Waals surface area contributed by atoms with E-state index in [2.05, 4.69) is 5.32 Å². The predicted octanol–water partition coefficient (Wildman–Crippen LogP) is 3.72. The molecule has 7 heteroatoms. The maximum Gasteiger partial charge on any atom is 0.261 e. The Morgan fingerprint density at radius 1 is 1.00 bits per heavy atom. The SMILES string of the molecule is CC[C@@H](C)NC(=O)[C@@H](C)N(Cc1ccccc1C)C(=O)COc1cc(OC)cc(OC)c1. The molecule has 32 heavy (non-hydrogen) atoms. The molecule has 0 unspecified atom stereocenters. The molecule has 0 aliphatic carbocycles. The molecule has 7 nitrogen and oxygen atoms in total. The van der Waals surface area contributed by atoms with Crippen LogP contribution in [0.25, 0.3) is 0 Å². The molecule has 0 aliphatic rings. The fraction of sp³-hybridized carbons (Fsp3) is 0.440. The van der Waals surface area contributed by atoms with E-state index in [0.717, 1.165) is 17.5 Å². The van der Waals surface area contributed by atoms with E-state index in [-0.39, 0.29) is 24.5 Å². The molecule has 2 amide bonds. The molecule has 0 aromatic heterocycles. The quantitative estimate of drug-likeness (QED) is 0.574. The third-order valence-corrected chi connectivity index (χ3v) is 5.46. The average Bonchev–Trinajstić information content (AvgIpc) is 2.81. The van der Waals surface area contributed by atoms with Gasteiger partial charge in [0.2, 0.25) is 5.91 Å². The van der Waals surface area contributed by atoms with Crippen LogP contribution in [0.5, 0.6) is 17.2 Å². The van der Waals surface area contributed by atoms with E-state index in [1.54, 1.807) is 44.2 Å². The Kier molecular flexibility index (Phi) is 9.38. The van der Waals surface area contributed by atoms with Crippen LogP contribution < -0.4 is 19.5 Å². The van der Waals surface area contributed by atoms with Crippen molar-refractivity contribution in [3.05, 3.63) is 53.6 Å². The summed E-state index contributed by atoms with van der Waals surface area (Å²) in [5.41, 5.74) is 2.03. The lowest BCUT2D eigenvalue weighted by molar-refractivity contribution is -0.142. The highest BCUT2D eigenvalue weighted by atomic mass is 16.5. The van der Waals surface area contributed by atoms with Gasteiger partial charge in [-0.1, -0.05) is 31.2 Å². The van der Waals surface area contributed by atoms with E-state index in [1.165, 1.54) is 0 Å². The van der Waals surface area contributed by atoms with Crippen LogP contribution in [0.4, 0.5) is 0 Å². The van der Waals surface area contributed by atoms with Crippen molar-refractivity contribution in [2.24, 2.45) is 0 Å². The Bertz CT molecular complexity index is 893. The van der Waals surface area contributed by atoms with E-state index in [0.29, 0.717) is 23.8 Å². The topological polar surface area (TPSA) is 77.1 Å². The van der Waals surface area contributed by atoms with Crippen molar-refractivity contribution in [3.63, 3.8) is 0 Å². The molecule has 0 spiro atoms. The number of benzene rings is 2. The second-order valence-electron chi connectivity index (χ2n) is 7.78. The Balaban J connectivity index is 2.21. The number of hydrogen-bond donors (Lipinski definition) is 1. The van der Waals surface area contributed by atoms with E-state index >= 15 is 0 Å². The van der Waals surface area contributed by atoms with Crippen LogP contribution in [-0.4, -0.2) is 49.6 Å². The summed E-state index contributed by atoms with van der Waals surface area (Å²) in [4.78, 5) is 27.5. The van der Waals surface area contributed by atoms with Gasteiger partial charge >= 0.3 is 0 Å². The van der Waals surface area contributed by atoms with E-state index in [1.807, 2.05) is 45.0 Å². The van der Waals surface area contributed by atoms with Crippen molar-refractivity contribution in [1.29, 1.82) is 0 Å². The molecule has 0 saturated carbocycles. The molecular formula is C25H34N2O5. The first kappa shape index (κ1) is 25.0. The number of aryl methyl sites for hydroxylation is 1. The van der Waals surface area contributed by atoms with Gasteiger partial charge in [-0.2, -0.15) is 0 Å². The first-order valence-electron chi connectivity index (χ1n) is 10.8. The van der Waals surface area contributed by atoms with Gasteiger partial charge in [0, 0.05) is 30.8 Å². The highest BCUT2D eigenvalue weighted by Gasteiger charge is 2.27. The normalized spacial score (nSPS) is 12.4. The third kappa shape index (κ3) is 6.90. The van der Waals surface area contributed by atoms with Gasteiger partial charge < -0.3 is 24.4 Å².